The Morgan fingerprint density at radius 1 is 1.21 bits per heavy atom. The average Bonchev–Trinajstić information content (AvgIpc) is 3.16. The first-order valence-corrected chi connectivity index (χ1v) is 9.99. The van der Waals surface area contributed by atoms with E-state index in [1.807, 2.05) is 23.1 Å². The van der Waals surface area contributed by atoms with E-state index in [0.29, 0.717) is 35.3 Å². The van der Waals surface area contributed by atoms with Crippen LogP contribution in [0, 0.1) is 6.92 Å². The van der Waals surface area contributed by atoms with Crippen molar-refractivity contribution in [2.45, 2.75) is 57.7 Å². The molecule has 2 atom stereocenters. The van der Waals surface area contributed by atoms with Crippen molar-refractivity contribution in [1.29, 1.82) is 0 Å². The van der Waals surface area contributed by atoms with Gasteiger partial charge < -0.3 is 14.3 Å². The minimum atomic E-state index is -0.448. The number of carbonyl (C=O) groups excluding carboxylic acids is 1. The molecule has 29 heavy (non-hydrogen) atoms. The highest BCUT2D eigenvalue weighted by molar-refractivity contribution is 5.78. The van der Waals surface area contributed by atoms with Gasteiger partial charge in [0.2, 0.25) is 5.91 Å². The van der Waals surface area contributed by atoms with Crippen LogP contribution in [0.4, 0.5) is 0 Å². The fourth-order valence-corrected chi connectivity index (χ4v) is 4.84. The number of fused-ring (bicyclic) bond motifs is 4. The first-order chi connectivity index (χ1) is 14.0. The molecule has 2 aliphatic heterocycles. The highest BCUT2D eigenvalue weighted by atomic mass is 16.4. The summed E-state index contributed by atoms with van der Waals surface area (Å²) in [6, 6.07) is 7.28. The first-order valence-electron chi connectivity index (χ1n) is 9.99. The van der Waals surface area contributed by atoms with Crippen molar-refractivity contribution in [3.63, 3.8) is 0 Å². The number of hydrogen-bond donors (Lipinski definition) is 1. The Labute approximate surface area is 166 Å². The minimum absolute atomic E-state index is 0.00985. The summed E-state index contributed by atoms with van der Waals surface area (Å²) in [4.78, 5) is 46.9. The molecule has 0 unspecified atom stereocenters. The maximum absolute atomic E-state index is 13.1. The molecule has 2 aromatic heterocycles. The molecule has 0 radical (unpaired) electrons. The van der Waals surface area contributed by atoms with Gasteiger partial charge in [0.25, 0.3) is 5.56 Å². The fourth-order valence-electron chi connectivity index (χ4n) is 4.84. The van der Waals surface area contributed by atoms with Crippen molar-refractivity contribution < 1.29 is 9.21 Å². The topological polar surface area (TPSA) is 101 Å². The number of aromatic nitrogens is 3. The van der Waals surface area contributed by atoms with Gasteiger partial charge in [-0.25, -0.2) is 9.78 Å². The zero-order chi connectivity index (χ0) is 20.1. The molecule has 0 spiro atoms. The standard InChI is InChI=1S/C21H22N4O4/c1-12-22-16-11-14-7-6-13(10-15(16)20(27)23-12)25(14)19(26)8-9-24-17-4-2-3-5-18(17)29-21(24)28/h2-5,13-14H,6-11H2,1H3,(H,22,23,27)/t13-,14-/m1/s1. The number of para-hydroxylation sites is 2. The van der Waals surface area contributed by atoms with Gasteiger partial charge in [-0.1, -0.05) is 12.1 Å². The van der Waals surface area contributed by atoms with Crippen molar-refractivity contribution in [3.05, 3.63) is 62.3 Å². The number of benzene rings is 1. The number of oxazole rings is 1. The van der Waals surface area contributed by atoms with Crippen LogP contribution in [-0.4, -0.2) is 37.4 Å². The van der Waals surface area contributed by atoms with Crippen LogP contribution < -0.4 is 11.3 Å². The Kier molecular flexibility index (Phi) is 4.15. The van der Waals surface area contributed by atoms with E-state index >= 15 is 0 Å². The highest BCUT2D eigenvalue weighted by Gasteiger charge is 2.40. The fraction of sp³-hybridized carbons (Fsp3) is 0.429. The molecular formula is C21H22N4O4. The van der Waals surface area contributed by atoms with Gasteiger partial charge in [0.1, 0.15) is 5.82 Å². The average molecular weight is 394 g/mol. The number of aryl methyl sites for hydroxylation is 2. The summed E-state index contributed by atoms with van der Waals surface area (Å²) < 4.78 is 6.77. The maximum Gasteiger partial charge on any atom is 0.419 e. The summed E-state index contributed by atoms with van der Waals surface area (Å²) in [5, 5.41) is 0. The summed E-state index contributed by atoms with van der Waals surface area (Å²) in [7, 11) is 0. The van der Waals surface area contributed by atoms with E-state index in [2.05, 4.69) is 9.97 Å². The normalized spacial score (nSPS) is 20.7. The molecule has 0 aliphatic carbocycles. The number of carbonyl (C=O) groups is 1. The molecular weight excluding hydrogens is 372 g/mol. The van der Waals surface area contributed by atoms with Crippen LogP contribution in [0.15, 0.2) is 38.3 Å². The van der Waals surface area contributed by atoms with E-state index in [-0.39, 0.29) is 36.5 Å². The molecule has 5 rings (SSSR count). The predicted molar refractivity (Wildman–Crippen MR) is 106 cm³/mol. The molecule has 1 saturated heterocycles. The van der Waals surface area contributed by atoms with Crippen LogP contribution in [0.5, 0.6) is 0 Å². The van der Waals surface area contributed by atoms with Crippen LogP contribution in [0.3, 0.4) is 0 Å². The third kappa shape index (κ3) is 2.99. The smallest absolute Gasteiger partial charge is 0.408 e. The van der Waals surface area contributed by atoms with Crippen molar-refractivity contribution in [2.24, 2.45) is 0 Å². The number of nitrogens with one attached hydrogen (secondary N) is 1. The Hall–Kier alpha value is -3.16. The molecule has 1 amide bonds. The van der Waals surface area contributed by atoms with Gasteiger partial charge in [-0.15, -0.1) is 0 Å². The van der Waals surface area contributed by atoms with E-state index in [1.165, 1.54) is 4.57 Å². The second kappa shape index (κ2) is 6.72. The lowest BCUT2D eigenvalue weighted by Crippen LogP contribution is -2.42. The molecule has 8 nitrogen and oxygen atoms in total. The lowest BCUT2D eigenvalue weighted by atomic mass is 9.98. The van der Waals surface area contributed by atoms with Gasteiger partial charge in [-0.05, 0) is 31.9 Å². The summed E-state index contributed by atoms with van der Waals surface area (Å²) >= 11 is 0. The number of aromatic amines is 1. The SMILES string of the molecule is Cc1nc2c(c(=O)[nH]1)C[C@H]1CC[C@H](C2)N1C(=O)CCn1c(=O)oc2ccccc21. The monoisotopic (exact) mass is 394 g/mol. The zero-order valence-corrected chi connectivity index (χ0v) is 16.2. The summed E-state index contributed by atoms with van der Waals surface area (Å²) in [5.74, 6) is 0.169. The second-order valence-electron chi connectivity index (χ2n) is 7.91. The molecule has 0 saturated carbocycles. The van der Waals surface area contributed by atoms with Gasteiger partial charge in [-0.3, -0.25) is 14.2 Å². The number of H-pyrrole nitrogens is 1. The van der Waals surface area contributed by atoms with Crippen LogP contribution in [0.25, 0.3) is 11.1 Å². The van der Waals surface area contributed by atoms with Gasteiger partial charge in [-0.2, -0.15) is 0 Å². The largest absolute Gasteiger partial charge is 0.419 e. The number of nitrogens with zero attached hydrogens (tertiary/aromatic N) is 3. The predicted octanol–water partition coefficient (Wildman–Crippen LogP) is 1.53. The van der Waals surface area contributed by atoms with Gasteiger partial charge in [0, 0.05) is 43.5 Å². The van der Waals surface area contributed by atoms with Crippen molar-refractivity contribution in [3.8, 4) is 0 Å². The quantitative estimate of drug-likeness (QED) is 0.726. The Morgan fingerprint density at radius 2 is 1.97 bits per heavy atom. The van der Waals surface area contributed by atoms with E-state index < -0.39 is 5.76 Å². The minimum Gasteiger partial charge on any atom is -0.408 e. The molecule has 150 valence electrons. The summed E-state index contributed by atoms with van der Waals surface area (Å²) in [6.45, 7) is 2.05. The van der Waals surface area contributed by atoms with Crippen molar-refractivity contribution >= 4 is 17.0 Å². The summed E-state index contributed by atoms with van der Waals surface area (Å²) in [6.07, 6.45) is 3.16. The number of rotatable bonds is 3. The van der Waals surface area contributed by atoms with Crippen LogP contribution in [-0.2, 0) is 24.2 Å². The Morgan fingerprint density at radius 3 is 2.79 bits per heavy atom. The Bertz CT molecular complexity index is 1220. The lowest BCUT2D eigenvalue weighted by molar-refractivity contribution is -0.134. The van der Waals surface area contributed by atoms with Crippen LogP contribution in [0.1, 0.15) is 36.3 Å². The van der Waals surface area contributed by atoms with Gasteiger partial charge in [0.05, 0.1) is 11.2 Å². The third-order valence-electron chi connectivity index (χ3n) is 6.12. The van der Waals surface area contributed by atoms with E-state index in [1.54, 1.807) is 13.0 Å². The molecule has 1 aromatic carbocycles. The van der Waals surface area contributed by atoms with Crippen LogP contribution >= 0.6 is 0 Å². The zero-order valence-electron chi connectivity index (χ0n) is 16.2. The molecule has 2 bridgehead atoms. The molecule has 8 heteroatoms. The van der Waals surface area contributed by atoms with Crippen molar-refractivity contribution in [1.82, 2.24) is 19.4 Å². The van der Waals surface area contributed by atoms with Gasteiger partial charge in [0.15, 0.2) is 5.58 Å². The molecule has 2 aliphatic rings. The van der Waals surface area contributed by atoms with E-state index in [4.69, 9.17) is 4.42 Å². The van der Waals surface area contributed by atoms with E-state index in [9.17, 15) is 14.4 Å². The maximum atomic E-state index is 13.1. The second-order valence-corrected chi connectivity index (χ2v) is 7.91. The lowest BCUT2D eigenvalue weighted by Gasteiger charge is -2.28. The van der Waals surface area contributed by atoms with Crippen molar-refractivity contribution in [2.75, 3.05) is 0 Å². The number of hydrogen-bond acceptors (Lipinski definition) is 5. The molecule has 1 N–H and O–H groups in total. The number of amides is 1. The molecule has 1 fully saturated rings. The van der Waals surface area contributed by atoms with E-state index in [0.717, 1.165) is 18.5 Å². The van der Waals surface area contributed by atoms with Crippen LogP contribution in [0.2, 0.25) is 0 Å². The van der Waals surface area contributed by atoms with Gasteiger partial charge >= 0.3 is 5.76 Å². The molecule has 4 heterocycles. The first kappa shape index (κ1) is 17.9. The Balaban J connectivity index is 1.38. The third-order valence-corrected chi connectivity index (χ3v) is 6.12. The molecule has 3 aromatic rings. The summed E-state index contributed by atoms with van der Waals surface area (Å²) in [5.41, 5.74) is 2.65. The highest BCUT2D eigenvalue weighted by Crippen LogP contribution is 2.33.